The lowest BCUT2D eigenvalue weighted by Crippen LogP contribution is -2.60. The average molecular weight is 1130 g/mol. The van der Waals surface area contributed by atoms with Crippen LogP contribution in [-0.2, 0) is 57.4 Å². The number of ether oxygens (including phenoxy) is 5. The van der Waals surface area contributed by atoms with E-state index in [4.69, 9.17) is 23.7 Å². The summed E-state index contributed by atoms with van der Waals surface area (Å²) >= 11 is 0. The highest BCUT2D eigenvalue weighted by Crippen LogP contribution is 2.44. The number of nitrogens with one attached hydrogen (secondary N) is 4. The second-order valence-corrected chi connectivity index (χ2v) is 24.2. The Balaban J connectivity index is 1.21. The SMILES string of the molecule is CC(C)(C)OC[C@H](NC(=O)[C@H](Cc1cn(C(=O)OC(C)(C)C)c2ccccc12)NC(=O)[C@H](Cc1cn(C(=O)OC(C)(C)C)cn1)NC(=O)OCC1c2ccccc2-c2ccccc21)C(=O)N[C@@H](Cc1ccc(OC(C)(C)C)cc1)C(=O)O. The fraction of sp³-hybridized carbons (Fsp3) is 0.419. The number of benzene rings is 4. The third-order valence-corrected chi connectivity index (χ3v) is 12.8. The highest BCUT2D eigenvalue weighted by molar-refractivity contribution is 5.97. The number of amides is 4. The standard InChI is InChI=1S/C62H75N7O13/c1-59(2,3)79-35-50(54(72)65-49(55(73)74)29-37-25-27-40(28-26-37)80-60(4,5)6)66-52(70)47(30-38-32-69(58(77)82-62(10,11)12)51-24-18-17-19-41(38)51)64-53(71)48(31-39-33-68(36-63-39)57(76)81-61(7,8)9)67-56(75)78-34-46-44-22-15-13-20-42(44)43-21-14-16-23-45(43)46/h13-28,32-33,36,46-50H,29-31,34-35H2,1-12H3,(H,64,71)(H,65,72)(H,66,70)(H,67,75)(H,73,74)/t47-,48-,49-,50-/m0/s1. The van der Waals surface area contributed by atoms with Crippen LogP contribution in [0.2, 0.25) is 0 Å². The lowest BCUT2D eigenvalue weighted by molar-refractivity contribution is -0.143. The zero-order valence-corrected chi connectivity index (χ0v) is 48.6. The minimum atomic E-state index is -1.58. The second kappa shape index (κ2) is 25.1. The molecule has 2 aromatic heterocycles. The van der Waals surface area contributed by atoms with E-state index < -0.39 is 95.1 Å². The van der Waals surface area contributed by atoms with E-state index >= 15 is 9.59 Å². The Hall–Kier alpha value is -8.52. The summed E-state index contributed by atoms with van der Waals surface area (Å²) in [5.41, 5.74) is 2.43. The molecule has 7 rings (SSSR count). The normalized spacial score (nSPS) is 14.0. The van der Waals surface area contributed by atoms with Gasteiger partial charge >= 0.3 is 24.2 Å². The summed E-state index contributed by atoms with van der Waals surface area (Å²) in [7, 11) is 0. The van der Waals surface area contributed by atoms with Crippen LogP contribution < -0.4 is 26.0 Å². The van der Waals surface area contributed by atoms with Crippen molar-refractivity contribution in [2.45, 2.75) is 155 Å². The third kappa shape index (κ3) is 16.8. The van der Waals surface area contributed by atoms with Gasteiger partial charge in [-0.2, -0.15) is 0 Å². The van der Waals surface area contributed by atoms with Crippen LogP contribution in [0.5, 0.6) is 5.75 Å². The highest BCUT2D eigenvalue weighted by atomic mass is 16.6. The summed E-state index contributed by atoms with van der Waals surface area (Å²) < 4.78 is 31.5. The fourth-order valence-electron chi connectivity index (χ4n) is 9.20. The van der Waals surface area contributed by atoms with Gasteiger partial charge in [-0.15, -0.1) is 0 Å². The summed E-state index contributed by atoms with van der Waals surface area (Å²) in [5, 5.41) is 21.7. The molecular formula is C62H75N7O13. The molecule has 4 amide bonds. The molecule has 20 heteroatoms. The molecule has 4 atom stereocenters. The minimum Gasteiger partial charge on any atom is -0.488 e. The maximum absolute atomic E-state index is 15.1. The van der Waals surface area contributed by atoms with Crippen LogP contribution in [0.25, 0.3) is 22.0 Å². The number of fused-ring (bicyclic) bond motifs is 4. The quantitative estimate of drug-likeness (QED) is 0.0475. The van der Waals surface area contributed by atoms with E-state index in [2.05, 4.69) is 26.3 Å². The van der Waals surface area contributed by atoms with Crippen molar-refractivity contribution >= 4 is 52.9 Å². The number of alkyl carbamates (subject to hydrolysis) is 1. The van der Waals surface area contributed by atoms with Crippen molar-refractivity contribution in [2.75, 3.05) is 13.2 Å². The van der Waals surface area contributed by atoms with Crippen LogP contribution in [0, 0.1) is 0 Å². The number of aromatic nitrogens is 3. The maximum Gasteiger partial charge on any atom is 0.419 e. The summed E-state index contributed by atoms with van der Waals surface area (Å²) in [6.45, 7) is 20.6. The Labute approximate surface area is 477 Å². The molecule has 1 aliphatic rings. The zero-order chi connectivity index (χ0) is 59.9. The van der Waals surface area contributed by atoms with Crippen molar-refractivity contribution in [3.63, 3.8) is 0 Å². The van der Waals surface area contributed by atoms with Gasteiger partial charge in [-0.1, -0.05) is 78.9 Å². The largest absolute Gasteiger partial charge is 0.488 e. The molecule has 436 valence electrons. The summed E-state index contributed by atoms with van der Waals surface area (Å²) in [6, 6.07) is 23.2. The van der Waals surface area contributed by atoms with Crippen LogP contribution in [0.15, 0.2) is 116 Å². The molecule has 82 heavy (non-hydrogen) atoms. The van der Waals surface area contributed by atoms with Crippen molar-refractivity contribution in [2.24, 2.45) is 0 Å². The molecule has 0 saturated heterocycles. The molecule has 0 radical (unpaired) electrons. The molecule has 0 unspecified atom stereocenters. The van der Waals surface area contributed by atoms with Crippen molar-refractivity contribution in [3.05, 3.63) is 144 Å². The number of hydrogen-bond acceptors (Lipinski definition) is 13. The second-order valence-electron chi connectivity index (χ2n) is 24.2. The first-order chi connectivity index (χ1) is 38.4. The van der Waals surface area contributed by atoms with Crippen molar-refractivity contribution in [1.82, 2.24) is 35.4 Å². The number of rotatable bonds is 19. The molecule has 0 spiro atoms. The van der Waals surface area contributed by atoms with Crippen molar-refractivity contribution < 1.29 is 62.4 Å². The molecule has 4 aromatic carbocycles. The van der Waals surface area contributed by atoms with Gasteiger partial charge in [0.2, 0.25) is 17.7 Å². The van der Waals surface area contributed by atoms with E-state index in [9.17, 15) is 29.1 Å². The highest BCUT2D eigenvalue weighted by Gasteiger charge is 2.36. The number of carboxylic acid groups (broad SMARTS) is 1. The van der Waals surface area contributed by atoms with E-state index in [0.717, 1.165) is 26.8 Å². The van der Waals surface area contributed by atoms with E-state index in [1.54, 1.807) is 111 Å². The van der Waals surface area contributed by atoms with Gasteiger partial charge < -0.3 is 50.1 Å². The number of aliphatic carboxylic acids is 1. The van der Waals surface area contributed by atoms with Crippen LogP contribution in [0.1, 0.15) is 117 Å². The Morgan fingerprint density at radius 1 is 0.573 bits per heavy atom. The minimum absolute atomic E-state index is 0.101. The number of imidazole rings is 1. The van der Waals surface area contributed by atoms with E-state index in [1.165, 1.54) is 23.3 Å². The maximum atomic E-state index is 15.1. The van der Waals surface area contributed by atoms with Gasteiger partial charge in [-0.3, -0.25) is 19.0 Å². The molecular weight excluding hydrogens is 1050 g/mol. The number of carbonyl (C=O) groups is 7. The summed E-state index contributed by atoms with van der Waals surface area (Å²) in [5.74, 6) is -3.84. The first-order valence-electron chi connectivity index (χ1n) is 27.2. The number of nitrogens with zero attached hydrogens (tertiary/aromatic N) is 3. The molecule has 20 nitrogen and oxygen atoms in total. The number of carboxylic acids is 1. The first-order valence-corrected chi connectivity index (χ1v) is 27.2. The van der Waals surface area contributed by atoms with Gasteiger partial charge in [0, 0.05) is 43.0 Å². The van der Waals surface area contributed by atoms with Crippen molar-refractivity contribution in [3.8, 4) is 16.9 Å². The predicted octanol–water partition coefficient (Wildman–Crippen LogP) is 8.87. The van der Waals surface area contributed by atoms with Crippen LogP contribution in [0.3, 0.4) is 0 Å². The third-order valence-electron chi connectivity index (χ3n) is 12.8. The molecule has 1 aliphatic carbocycles. The molecule has 6 aromatic rings. The molecule has 0 saturated carbocycles. The monoisotopic (exact) mass is 1130 g/mol. The lowest BCUT2D eigenvalue weighted by Gasteiger charge is -2.28. The van der Waals surface area contributed by atoms with Gasteiger partial charge in [0.15, 0.2) is 0 Å². The molecule has 5 N–H and O–H groups in total. The molecule has 0 aliphatic heterocycles. The number of carbonyl (C=O) groups excluding carboxylic acids is 6. The topological polar surface area (TPSA) is 257 Å². The Morgan fingerprint density at radius 3 is 1.70 bits per heavy atom. The summed E-state index contributed by atoms with van der Waals surface area (Å²) in [6.07, 6.45) is 0.849. The van der Waals surface area contributed by atoms with Crippen LogP contribution in [0.4, 0.5) is 14.4 Å². The van der Waals surface area contributed by atoms with E-state index in [0.29, 0.717) is 27.8 Å². The van der Waals surface area contributed by atoms with Crippen LogP contribution in [-0.4, -0.2) is 121 Å². The molecule has 2 heterocycles. The van der Waals surface area contributed by atoms with Crippen molar-refractivity contribution in [1.29, 1.82) is 0 Å². The van der Waals surface area contributed by atoms with Gasteiger partial charge in [0.05, 0.1) is 23.4 Å². The first kappa shape index (κ1) is 61.1. The molecule has 0 bridgehead atoms. The van der Waals surface area contributed by atoms with Gasteiger partial charge in [0.25, 0.3) is 0 Å². The number of hydrogen-bond donors (Lipinski definition) is 5. The van der Waals surface area contributed by atoms with Gasteiger partial charge in [0.1, 0.15) is 59.7 Å². The van der Waals surface area contributed by atoms with Gasteiger partial charge in [-0.05, 0) is 135 Å². The Bertz CT molecular complexity index is 3250. The fourth-order valence-corrected chi connectivity index (χ4v) is 9.20. The lowest BCUT2D eigenvalue weighted by atomic mass is 9.98. The predicted molar refractivity (Wildman–Crippen MR) is 306 cm³/mol. The smallest absolute Gasteiger partial charge is 0.419 e. The zero-order valence-electron chi connectivity index (χ0n) is 48.6. The molecule has 0 fully saturated rings. The Kier molecular flexibility index (Phi) is 18.7. The van der Waals surface area contributed by atoms with E-state index in [1.807, 2.05) is 69.3 Å². The Morgan fingerprint density at radius 2 is 1.11 bits per heavy atom. The van der Waals surface area contributed by atoms with Crippen LogP contribution >= 0.6 is 0 Å². The van der Waals surface area contributed by atoms with Gasteiger partial charge in [-0.25, -0.2) is 28.7 Å². The number of para-hydroxylation sites is 1. The van der Waals surface area contributed by atoms with E-state index in [-0.39, 0.29) is 37.5 Å². The average Bonchev–Trinajstić information content (AvgIpc) is 2.92. The summed E-state index contributed by atoms with van der Waals surface area (Å²) in [4.78, 5) is 103.